The second-order valence-electron chi connectivity index (χ2n) is 4.22. The fourth-order valence-electron chi connectivity index (χ4n) is 2.03. The lowest BCUT2D eigenvalue weighted by molar-refractivity contribution is 0.770. The number of dihydropyridines is 1. The van der Waals surface area contributed by atoms with Crippen molar-refractivity contribution in [3.05, 3.63) is 53.1 Å². The van der Waals surface area contributed by atoms with E-state index in [1.807, 2.05) is 0 Å². The number of rotatable bonds is 1. The summed E-state index contributed by atoms with van der Waals surface area (Å²) < 4.78 is 0. The van der Waals surface area contributed by atoms with Gasteiger partial charge in [0.15, 0.2) is 0 Å². The zero-order valence-corrected chi connectivity index (χ0v) is 9.54. The lowest BCUT2D eigenvalue weighted by atomic mass is 10.00. The van der Waals surface area contributed by atoms with E-state index in [1.165, 1.54) is 22.4 Å². The molecule has 0 saturated heterocycles. The number of nitrogens with one attached hydrogen (secondary N) is 1. The quantitative estimate of drug-likeness (QED) is 0.732. The Hall–Kier alpha value is -1.50. The van der Waals surface area contributed by atoms with Gasteiger partial charge < -0.3 is 5.32 Å². The summed E-state index contributed by atoms with van der Waals surface area (Å²) in [6, 6.07) is 8.90. The Labute approximate surface area is 91.5 Å². The zero-order valence-electron chi connectivity index (χ0n) is 9.54. The molecule has 15 heavy (non-hydrogen) atoms. The molecular weight excluding hydrogens is 182 g/mol. The molecule has 1 heterocycles. The summed E-state index contributed by atoms with van der Waals surface area (Å²) in [6.45, 7) is 6.47. The number of benzene rings is 1. The molecular formula is C14H17N. The van der Waals surface area contributed by atoms with Crippen LogP contribution in [0.5, 0.6) is 0 Å². The minimum Gasteiger partial charge on any atom is -0.379 e. The van der Waals surface area contributed by atoms with Crippen molar-refractivity contribution in [2.24, 2.45) is 0 Å². The highest BCUT2D eigenvalue weighted by Crippen LogP contribution is 2.21. The third kappa shape index (κ3) is 2.12. The third-order valence-electron chi connectivity index (χ3n) is 2.70. The van der Waals surface area contributed by atoms with E-state index in [2.05, 4.69) is 62.5 Å². The molecule has 1 aliphatic heterocycles. The second-order valence-corrected chi connectivity index (χ2v) is 4.22. The smallest absolute Gasteiger partial charge is 0.0423 e. The molecule has 1 aliphatic rings. The molecule has 1 aromatic carbocycles. The average molecular weight is 199 g/mol. The van der Waals surface area contributed by atoms with Gasteiger partial charge >= 0.3 is 0 Å². The molecule has 0 bridgehead atoms. The van der Waals surface area contributed by atoms with Crippen molar-refractivity contribution in [1.29, 1.82) is 0 Å². The van der Waals surface area contributed by atoms with Crippen LogP contribution in [0.2, 0.25) is 0 Å². The van der Waals surface area contributed by atoms with E-state index in [1.54, 1.807) is 0 Å². The summed E-state index contributed by atoms with van der Waals surface area (Å²) in [5, 5.41) is 3.49. The largest absolute Gasteiger partial charge is 0.379 e. The minimum absolute atomic E-state index is 0.421. The Bertz CT molecular complexity index is 427. The van der Waals surface area contributed by atoms with Crippen LogP contribution in [0, 0.1) is 6.92 Å². The molecule has 1 N–H and O–H groups in total. The Morgan fingerprint density at radius 3 is 2.53 bits per heavy atom. The van der Waals surface area contributed by atoms with Gasteiger partial charge in [-0.15, -0.1) is 0 Å². The van der Waals surface area contributed by atoms with Crippen molar-refractivity contribution in [2.45, 2.75) is 26.8 Å². The standard InChI is InChI=1S/C14H17N/c1-10-8-12(3)15-14(9-10)13-7-5-4-6-11(13)2/h4-9,12,15H,1-3H3. The predicted molar refractivity (Wildman–Crippen MR) is 65.5 cm³/mol. The maximum Gasteiger partial charge on any atom is 0.0423 e. The molecule has 78 valence electrons. The number of hydrogen-bond donors (Lipinski definition) is 1. The van der Waals surface area contributed by atoms with Crippen molar-refractivity contribution in [1.82, 2.24) is 5.32 Å². The fraction of sp³-hybridized carbons (Fsp3) is 0.286. The zero-order chi connectivity index (χ0) is 10.8. The summed E-state index contributed by atoms with van der Waals surface area (Å²) >= 11 is 0. The van der Waals surface area contributed by atoms with Gasteiger partial charge in [-0.2, -0.15) is 0 Å². The van der Waals surface area contributed by atoms with Crippen LogP contribution in [0.15, 0.2) is 42.0 Å². The molecule has 0 aromatic heterocycles. The normalized spacial score (nSPS) is 20.3. The van der Waals surface area contributed by atoms with E-state index in [0.717, 1.165) is 0 Å². The maximum atomic E-state index is 3.49. The maximum absolute atomic E-state index is 3.49. The molecule has 2 rings (SSSR count). The van der Waals surface area contributed by atoms with Gasteiger partial charge in [-0.25, -0.2) is 0 Å². The first kappa shape index (κ1) is 10.0. The number of hydrogen-bond acceptors (Lipinski definition) is 1. The topological polar surface area (TPSA) is 12.0 Å². The Morgan fingerprint density at radius 1 is 1.13 bits per heavy atom. The predicted octanol–water partition coefficient (Wildman–Crippen LogP) is 3.27. The first-order valence-electron chi connectivity index (χ1n) is 5.39. The molecule has 0 amide bonds. The van der Waals surface area contributed by atoms with Crippen molar-refractivity contribution in [3.63, 3.8) is 0 Å². The summed E-state index contributed by atoms with van der Waals surface area (Å²) in [4.78, 5) is 0. The summed E-state index contributed by atoms with van der Waals surface area (Å²) in [7, 11) is 0. The molecule has 1 heteroatoms. The van der Waals surface area contributed by atoms with Gasteiger partial charge in [-0.1, -0.05) is 35.9 Å². The van der Waals surface area contributed by atoms with Crippen LogP contribution >= 0.6 is 0 Å². The summed E-state index contributed by atoms with van der Waals surface area (Å²) in [5.74, 6) is 0. The molecule has 1 aromatic rings. The first-order valence-corrected chi connectivity index (χ1v) is 5.39. The van der Waals surface area contributed by atoms with Crippen molar-refractivity contribution in [2.75, 3.05) is 0 Å². The Kier molecular flexibility index (Phi) is 2.63. The van der Waals surface area contributed by atoms with Crippen LogP contribution in [0.4, 0.5) is 0 Å². The third-order valence-corrected chi connectivity index (χ3v) is 2.70. The van der Waals surface area contributed by atoms with Crippen LogP contribution < -0.4 is 5.32 Å². The molecule has 0 aliphatic carbocycles. The Balaban J connectivity index is 2.41. The van der Waals surface area contributed by atoms with Gasteiger partial charge in [0, 0.05) is 17.3 Å². The van der Waals surface area contributed by atoms with E-state index in [0.29, 0.717) is 6.04 Å². The van der Waals surface area contributed by atoms with Crippen LogP contribution in [0.1, 0.15) is 25.0 Å². The van der Waals surface area contributed by atoms with E-state index >= 15 is 0 Å². The highest BCUT2D eigenvalue weighted by Gasteiger charge is 2.10. The molecule has 0 fully saturated rings. The van der Waals surface area contributed by atoms with Crippen LogP contribution in [-0.4, -0.2) is 6.04 Å². The molecule has 0 spiro atoms. The van der Waals surface area contributed by atoms with E-state index in [9.17, 15) is 0 Å². The lowest BCUT2D eigenvalue weighted by Crippen LogP contribution is -2.25. The van der Waals surface area contributed by atoms with Gasteiger partial charge in [0.2, 0.25) is 0 Å². The van der Waals surface area contributed by atoms with Crippen LogP contribution in [0.25, 0.3) is 5.70 Å². The van der Waals surface area contributed by atoms with Crippen molar-refractivity contribution >= 4 is 5.70 Å². The SMILES string of the molecule is CC1=CC(C)NC(c2ccccc2C)=C1. The highest BCUT2D eigenvalue weighted by molar-refractivity contribution is 5.70. The van der Waals surface area contributed by atoms with Crippen LogP contribution in [-0.2, 0) is 0 Å². The summed E-state index contributed by atoms with van der Waals surface area (Å²) in [6.07, 6.45) is 4.45. The molecule has 1 nitrogen and oxygen atoms in total. The van der Waals surface area contributed by atoms with Gasteiger partial charge in [-0.3, -0.25) is 0 Å². The monoisotopic (exact) mass is 199 g/mol. The highest BCUT2D eigenvalue weighted by atomic mass is 14.9. The van der Waals surface area contributed by atoms with Crippen molar-refractivity contribution in [3.8, 4) is 0 Å². The molecule has 1 unspecified atom stereocenters. The molecule has 0 saturated carbocycles. The first-order chi connectivity index (χ1) is 7.16. The van der Waals surface area contributed by atoms with Gasteiger partial charge in [-0.05, 0) is 32.4 Å². The number of aryl methyl sites for hydroxylation is 1. The van der Waals surface area contributed by atoms with E-state index in [-0.39, 0.29) is 0 Å². The second kappa shape index (κ2) is 3.93. The Morgan fingerprint density at radius 2 is 1.87 bits per heavy atom. The van der Waals surface area contributed by atoms with E-state index < -0.39 is 0 Å². The lowest BCUT2D eigenvalue weighted by Gasteiger charge is -2.21. The average Bonchev–Trinajstić information content (AvgIpc) is 2.16. The fourth-order valence-corrected chi connectivity index (χ4v) is 2.03. The molecule has 0 radical (unpaired) electrons. The summed E-state index contributed by atoms with van der Waals surface area (Å²) in [5.41, 5.74) is 5.19. The molecule has 1 atom stereocenters. The van der Waals surface area contributed by atoms with Gasteiger partial charge in [0.05, 0.1) is 0 Å². The van der Waals surface area contributed by atoms with Gasteiger partial charge in [0.1, 0.15) is 0 Å². The number of allylic oxidation sites excluding steroid dienone is 2. The van der Waals surface area contributed by atoms with Crippen molar-refractivity contribution < 1.29 is 0 Å². The van der Waals surface area contributed by atoms with E-state index in [4.69, 9.17) is 0 Å². The van der Waals surface area contributed by atoms with Crippen LogP contribution in [0.3, 0.4) is 0 Å². The minimum atomic E-state index is 0.421. The van der Waals surface area contributed by atoms with Gasteiger partial charge in [0.25, 0.3) is 0 Å².